The number of carbonyl (C=O) groups is 1. The lowest BCUT2D eigenvalue weighted by atomic mass is 9.96. The maximum Gasteiger partial charge on any atom is 0.227 e. The summed E-state index contributed by atoms with van der Waals surface area (Å²) < 4.78 is 1.85. The molecule has 1 aliphatic rings. The fraction of sp³-hybridized carbons (Fsp3) is 0.280. The quantitative estimate of drug-likeness (QED) is 0.508. The largest absolute Gasteiger partial charge is 0.342 e. The Kier molecular flexibility index (Phi) is 5.20. The predicted molar refractivity (Wildman–Crippen MR) is 120 cm³/mol. The van der Waals surface area contributed by atoms with Crippen LogP contribution in [0.4, 0.5) is 0 Å². The van der Waals surface area contributed by atoms with Crippen molar-refractivity contribution < 1.29 is 4.79 Å². The molecule has 1 aliphatic heterocycles. The van der Waals surface area contributed by atoms with Crippen molar-refractivity contribution in [1.82, 2.24) is 24.5 Å². The summed E-state index contributed by atoms with van der Waals surface area (Å²) in [6.45, 7) is 3.54. The Bertz CT molecular complexity index is 1220. The zero-order chi connectivity index (χ0) is 21.2. The highest BCUT2D eigenvalue weighted by atomic mass is 16.2. The number of hydrogen-bond acceptors (Lipinski definition) is 4. The molecule has 5 rings (SSSR count). The van der Waals surface area contributed by atoms with Crippen LogP contribution in [0.5, 0.6) is 0 Å². The minimum atomic E-state index is 0.166. The molecule has 0 unspecified atom stereocenters. The smallest absolute Gasteiger partial charge is 0.227 e. The lowest BCUT2D eigenvalue weighted by Gasteiger charge is -2.31. The van der Waals surface area contributed by atoms with E-state index in [9.17, 15) is 4.79 Å². The van der Waals surface area contributed by atoms with Gasteiger partial charge in [-0.05, 0) is 60.7 Å². The first-order valence-corrected chi connectivity index (χ1v) is 10.8. The number of pyridine rings is 2. The summed E-state index contributed by atoms with van der Waals surface area (Å²) >= 11 is 0. The maximum atomic E-state index is 12.9. The topological polar surface area (TPSA) is 63.4 Å². The van der Waals surface area contributed by atoms with Gasteiger partial charge in [0.25, 0.3) is 0 Å². The Balaban J connectivity index is 1.34. The molecule has 0 bridgehead atoms. The van der Waals surface area contributed by atoms with Gasteiger partial charge in [-0.1, -0.05) is 24.3 Å². The molecule has 3 aromatic heterocycles. The normalized spacial score (nSPS) is 16.5. The van der Waals surface area contributed by atoms with E-state index in [1.807, 2.05) is 52.0 Å². The van der Waals surface area contributed by atoms with Crippen molar-refractivity contribution in [3.63, 3.8) is 0 Å². The fourth-order valence-corrected chi connectivity index (χ4v) is 4.29. The second-order valence-corrected chi connectivity index (χ2v) is 8.21. The molecule has 0 saturated carbocycles. The summed E-state index contributed by atoms with van der Waals surface area (Å²) in [7, 11) is 0. The molecule has 0 aliphatic carbocycles. The van der Waals surface area contributed by atoms with Gasteiger partial charge in [-0.2, -0.15) is 5.10 Å². The van der Waals surface area contributed by atoms with Gasteiger partial charge < -0.3 is 4.90 Å². The number of hydrogen-bond donors (Lipinski definition) is 0. The van der Waals surface area contributed by atoms with Gasteiger partial charge in [-0.15, -0.1) is 0 Å². The van der Waals surface area contributed by atoms with Crippen LogP contribution in [0.1, 0.15) is 35.7 Å². The summed E-state index contributed by atoms with van der Waals surface area (Å²) in [6, 6.07) is 16.1. The van der Waals surface area contributed by atoms with E-state index in [1.54, 1.807) is 12.4 Å². The van der Waals surface area contributed by atoms with Crippen LogP contribution in [0.25, 0.3) is 16.8 Å². The average Bonchev–Trinajstić information content (AvgIpc) is 3.25. The van der Waals surface area contributed by atoms with Gasteiger partial charge in [0.1, 0.15) is 0 Å². The third-order valence-electron chi connectivity index (χ3n) is 6.10. The number of aryl methyl sites for hydroxylation is 1. The van der Waals surface area contributed by atoms with Crippen LogP contribution in [0.3, 0.4) is 0 Å². The van der Waals surface area contributed by atoms with Crippen molar-refractivity contribution in [2.24, 2.45) is 0 Å². The number of amides is 1. The van der Waals surface area contributed by atoms with Gasteiger partial charge in [0.15, 0.2) is 11.5 Å². The predicted octanol–water partition coefficient (Wildman–Crippen LogP) is 4.05. The number of likely N-dealkylation sites (tertiary alicyclic amines) is 1. The van der Waals surface area contributed by atoms with Crippen molar-refractivity contribution in [2.45, 2.75) is 32.1 Å². The highest BCUT2D eigenvalue weighted by Gasteiger charge is 2.27. The molecule has 1 atom stereocenters. The molecule has 0 spiro atoms. The molecule has 156 valence electrons. The molecular formula is C25H25N5O. The number of fused-ring (bicyclic) bond motifs is 1. The molecule has 6 heteroatoms. The van der Waals surface area contributed by atoms with Gasteiger partial charge in [0, 0.05) is 43.2 Å². The van der Waals surface area contributed by atoms with Crippen LogP contribution in [0.2, 0.25) is 0 Å². The molecule has 1 aromatic carbocycles. The summed E-state index contributed by atoms with van der Waals surface area (Å²) in [5.41, 5.74) is 5.27. The van der Waals surface area contributed by atoms with E-state index >= 15 is 0 Å². The van der Waals surface area contributed by atoms with Crippen LogP contribution in [0, 0.1) is 6.92 Å². The van der Waals surface area contributed by atoms with E-state index in [4.69, 9.17) is 10.1 Å². The molecule has 4 heterocycles. The summed E-state index contributed by atoms with van der Waals surface area (Å²) in [4.78, 5) is 23.8. The summed E-state index contributed by atoms with van der Waals surface area (Å²) in [6.07, 6.45) is 8.01. The molecule has 1 fully saturated rings. The van der Waals surface area contributed by atoms with Crippen molar-refractivity contribution in [3.05, 3.63) is 84.1 Å². The Morgan fingerprint density at radius 2 is 1.90 bits per heavy atom. The van der Waals surface area contributed by atoms with E-state index in [2.05, 4.69) is 24.0 Å². The van der Waals surface area contributed by atoms with Crippen molar-refractivity contribution in [3.8, 4) is 11.1 Å². The second kappa shape index (κ2) is 8.30. The van der Waals surface area contributed by atoms with E-state index in [0.717, 1.165) is 53.1 Å². The average molecular weight is 412 g/mol. The van der Waals surface area contributed by atoms with Crippen LogP contribution >= 0.6 is 0 Å². The number of nitrogens with zero attached hydrogens (tertiary/aromatic N) is 5. The lowest BCUT2D eigenvalue weighted by Crippen LogP contribution is -2.40. The van der Waals surface area contributed by atoms with Gasteiger partial charge in [0.05, 0.1) is 6.42 Å². The number of piperidine rings is 1. The SMILES string of the molecule is Cc1ccccc1CC(=O)N1CCC[C@H](c2nc3ccc(-c4ccncc4)cn3n2)C1. The Hall–Kier alpha value is -3.54. The summed E-state index contributed by atoms with van der Waals surface area (Å²) in [5, 5.41) is 4.77. The van der Waals surface area contributed by atoms with Crippen LogP contribution in [0.15, 0.2) is 67.1 Å². The number of aromatic nitrogens is 4. The second-order valence-electron chi connectivity index (χ2n) is 8.21. The molecule has 4 aromatic rings. The van der Waals surface area contributed by atoms with Gasteiger partial charge in [-0.3, -0.25) is 9.78 Å². The Morgan fingerprint density at radius 3 is 2.74 bits per heavy atom. The zero-order valence-electron chi connectivity index (χ0n) is 17.6. The van der Waals surface area contributed by atoms with Gasteiger partial charge in [-0.25, -0.2) is 9.50 Å². The number of rotatable bonds is 4. The van der Waals surface area contributed by atoms with Gasteiger partial charge >= 0.3 is 0 Å². The molecule has 1 saturated heterocycles. The molecule has 0 N–H and O–H groups in total. The van der Waals surface area contributed by atoms with Crippen LogP contribution < -0.4 is 0 Å². The molecule has 6 nitrogen and oxygen atoms in total. The van der Waals surface area contributed by atoms with Crippen LogP contribution in [-0.4, -0.2) is 43.5 Å². The highest BCUT2D eigenvalue weighted by molar-refractivity contribution is 5.79. The van der Waals surface area contributed by atoms with E-state index in [-0.39, 0.29) is 11.8 Å². The minimum absolute atomic E-state index is 0.166. The maximum absolute atomic E-state index is 12.9. The Labute approximate surface area is 181 Å². The van der Waals surface area contributed by atoms with Crippen molar-refractivity contribution in [2.75, 3.05) is 13.1 Å². The number of benzene rings is 1. The first kappa shape index (κ1) is 19.4. The first-order chi connectivity index (χ1) is 15.2. The molecular weight excluding hydrogens is 386 g/mol. The van der Waals surface area contributed by atoms with Crippen molar-refractivity contribution in [1.29, 1.82) is 0 Å². The molecule has 1 amide bonds. The van der Waals surface area contributed by atoms with Crippen LogP contribution in [-0.2, 0) is 11.2 Å². The summed E-state index contributed by atoms with van der Waals surface area (Å²) in [5.74, 6) is 1.17. The Morgan fingerprint density at radius 1 is 1.06 bits per heavy atom. The monoisotopic (exact) mass is 411 g/mol. The van der Waals surface area contributed by atoms with E-state index in [0.29, 0.717) is 13.0 Å². The molecule has 0 radical (unpaired) electrons. The highest BCUT2D eigenvalue weighted by Crippen LogP contribution is 2.26. The van der Waals surface area contributed by atoms with E-state index < -0.39 is 0 Å². The third kappa shape index (κ3) is 4.06. The standard InChI is InChI=1S/C25H25N5O/c1-18-5-2-3-6-20(18)15-24(31)29-14-4-7-22(16-29)25-27-23-9-8-21(17-30(23)28-25)19-10-12-26-13-11-19/h2-3,5-6,8-13,17,22H,4,7,14-16H2,1H3/t22-/m0/s1. The fourth-order valence-electron chi connectivity index (χ4n) is 4.29. The van der Waals surface area contributed by atoms with Gasteiger partial charge in [0.2, 0.25) is 5.91 Å². The zero-order valence-corrected chi connectivity index (χ0v) is 17.6. The molecule has 31 heavy (non-hydrogen) atoms. The number of carbonyl (C=O) groups excluding carboxylic acids is 1. The lowest BCUT2D eigenvalue weighted by molar-refractivity contribution is -0.131. The first-order valence-electron chi connectivity index (χ1n) is 10.8. The third-order valence-corrected chi connectivity index (χ3v) is 6.10. The van der Waals surface area contributed by atoms with E-state index in [1.165, 1.54) is 0 Å². The minimum Gasteiger partial charge on any atom is -0.342 e. The van der Waals surface area contributed by atoms with Crippen molar-refractivity contribution >= 4 is 11.6 Å².